The van der Waals surface area contributed by atoms with Crippen molar-refractivity contribution in [2.75, 3.05) is 7.11 Å². The molecule has 1 N–H and O–H groups in total. The van der Waals surface area contributed by atoms with E-state index < -0.39 is 0 Å². The molecule has 0 spiro atoms. The van der Waals surface area contributed by atoms with Gasteiger partial charge in [-0.2, -0.15) is 5.10 Å². The molecular formula is C19H14N3O2. The SMILES string of the molecule is COc1[c]ccc(-c2cnc3cc(-c4cccc(O)c4)cnn23)c1. The van der Waals surface area contributed by atoms with Gasteiger partial charge in [0.05, 0.1) is 25.2 Å². The summed E-state index contributed by atoms with van der Waals surface area (Å²) in [6.07, 6.45) is 3.54. The topological polar surface area (TPSA) is 59.7 Å². The summed E-state index contributed by atoms with van der Waals surface area (Å²) in [5, 5.41) is 14.1. The maximum absolute atomic E-state index is 9.63. The summed E-state index contributed by atoms with van der Waals surface area (Å²) in [6, 6.07) is 17.7. The lowest BCUT2D eigenvalue weighted by atomic mass is 10.1. The van der Waals surface area contributed by atoms with Gasteiger partial charge in [-0.25, -0.2) is 9.50 Å². The lowest BCUT2D eigenvalue weighted by molar-refractivity contribution is 0.414. The van der Waals surface area contributed by atoms with Gasteiger partial charge in [-0.1, -0.05) is 18.2 Å². The van der Waals surface area contributed by atoms with Crippen molar-refractivity contribution >= 4 is 5.65 Å². The number of hydrogen-bond donors (Lipinski definition) is 1. The second kappa shape index (κ2) is 5.70. The molecule has 0 aliphatic carbocycles. The molecule has 24 heavy (non-hydrogen) atoms. The summed E-state index contributed by atoms with van der Waals surface area (Å²) >= 11 is 0. The Morgan fingerprint density at radius 3 is 2.79 bits per heavy atom. The van der Waals surface area contributed by atoms with Crippen LogP contribution in [0.2, 0.25) is 0 Å². The van der Waals surface area contributed by atoms with Crippen molar-refractivity contribution in [3.63, 3.8) is 0 Å². The minimum Gasteiger partial charge on any atom is -0.508 e. The number of ether oxygens (including phenoxy) is 1. The zero-order valence-electron chi connectivity index (χ0n) is 13.0. The van der Waals surface area contributed by atoms with Crippen molar-refractivity contribution in [2.45, 2.75) is 0 Å². The van der Waals surface area contributed by atoms with E-state index >= 15 is 0 Å². The van der Waals surface area contributed by atoms with Gasteiger partial charge in [0.2, 0.25) is 0 Å². The summed E-state index contributed by atoms with van der Waals surface area (Å²) in [5.41, 5.74) is 4.35. The van der Waals surface area contributed by atoms with Gasteiger partial charge in [-0.15, -0.1) is 0 Å². The molecule has 0 unspecified atom stereocenters. The fourth-order valence-electron chi connectivity index (χ4n) is 2.64. The average molecular weight is 316 g/mol. The molecule has 0 saturated heterocycles. The summed E-state index contributed by atoms with van der Waals surface area (Å²) in [4.78, 5) is 4.45. The fourth-order valence-corrected chi connectivity index (χ4v) is 2.64. The van der Waals surface area contributed by atoms with E-state index in [0.29, 0.717) is 5.75 Å². The lowest BCUT2D eigenvalue weighted by Gasteiger charge is -2.05. The van der Waals surface area contributed by atoms with Crippen LogP contribution in [0, 0.1) is 6.07 Å². The van der Waals surface area contributed by atoms with Gasteiger partial charge in [-0.3, -0.25) is 0 Å². The molecule has 5 heteroatoms. The number of methoxy groups -OCH3 is 1. The molecule has 2 aromatic carbocycles. The minimum absolute atomic E-state index is 0.226. The monoisotopic (exact) mass is 316 g/mol. The quantitative estimate of drug-likeness (QED) is 0.627. The summed E-state index contributed by atoms with van der Waals surface area (Å²) in [7, 11) is 1.61. The van der Waals surface area contributed by atoms with Crippen molar-refractivity contribution < 1.29 is 9.84 Å². The van der Waals surface area contributed by atoms with Crippen LogP contribution in [0.25, 0.3) is 28.0 Å². The smallest absolute Gasteiger partial charge is 0.154 e. The lowest BCUT2D eigenvalue weighted by Crippen LogP contribution is -1.95. The Morgan fingerprint density at radius 2 is 1.96 bits per heavy atom. The van der Waals surface area contributed by atoms with Crippen molar-refractivity contribution in [3.8, 4) is 33.9 Å². The molecule has 4 rings (SSSR count). The largest absolute Gasteiger partial charge is 0.508 e. The third-order valence-corrected chi connectivity index (χ3v) is 3.83. The first-order chi connectivity index (χ1) is 11.7. The first-order valence-corrected chi connectivity index (χ1v) is 7.44. The Balaban J connectivity index is 1.81. The van der Waals surface area contributed by atoms with Gasteiger partial charge in [0.25, 0.3) is 0 Å². The van der Waals surface area contributed by atoms with E-state index in [1.165, 1.54) is 0 Å². The maximum Gasteiger partial charge on any atom is 0.154 e. The summed E-state index contributed by atoms with van der Waals surface area (Å²) < 4.78 is 7.00. The standard InChI is InChI=1S/C19H14N3O2/c1-24-17-7-3-5-14(9-17)18-12-20-19-10-15(11-21-22(18)19)13-4-2-6-16(23)8-13/h2-6,8-12,23H,1H3. The van der Waals surface area contributed by atoms with E-state index in [0.717, 1.165) is 28.0 Å². The molecule has 0 bridgehead atoms. The number of aromatic hydroxyl groups is 1. The average Bonchev–Trinajstić information content (AvgIpc) is 3.05. The molecule has 2 aromatic heterocycles. The van der Waals surface area contributed by atoms with E-state index in [1.807, 2.05) is 30.3 Å². The Morgan fingerprint density at radius 1 is 1.04 bits per heavy atom. The van der Waals surface area contributed by atoms with E-state index in [-0.39, 0.29) is 5.75 Å². The Labute approximate surface area is 138 Å². The van der Waals surface area contributed by atoms with Gasteiger partial charge in [0, 0.05) is 17.2 Å². The minimum atomic E-state index is 0.226. The highest BCUT2D eigenvalue weighted by Gasteiger charge is 2.09. The zero-order chi connectivity index (χ0) is 16.5. The van der Waals surface area contributed by atoms with Crippen molar-refractivity contribution in [1.82, 2.24) is 14.6 Å². The highest BCUT2D eigenvalue weighted by atomic mass is 16.5. The van der Waals surface area contributed by atoms with Crippen molar-refractivity contribution in [3.05, 3.63) is 67.0 Å². The van der Waals surface area contributed by atoms with E-state index in [2.05, 4.69) is 16.1 Å². The number of benzene rings is 2. The van der Waals surface area contributed by atoms with E-state index in [1.54, 1.807) is 42.2 Å². The number of fused-ring (bicyclic) bond motifs is 1. The molecule has 117 valence electrons. The highest BCUT2D eigenvalue weighted by molar-refractivity contribution is 5.70. The van der Waals surface area contributed by atoms with Crippen LogP contribution in [0.5, 0.6) is 11.5 Å². The number of hydrogen-bond acceptors (Lipinski definition) is 4. The van der Waals surface area contributed by atoms with Gasteiger partial charge in [0.1, 0.15) is 11.5 Å². The van der Waals surface area contributed by atoms with Crippen LogP contribution in [0.3, 0.4) is 0 Å². The van der Waals surface area contributed by atoms with Crippen LogP contribution in [0.1, 0.15) is 0 Å². The van der Waals surface area contributed by atoms with Crippen molar-refractivity contribution in [1.29, 1.82) is 0 Å². The predicted molar refractivity (Wildman–Crippen MR) is 90.9 cm³/mol. The van der Waals surface area contributed by atoms with Crippen molar-refractivity contribution in [2.24, 2.45) is 0 Å². The fraction of sp³-hybridized carbons (Fsp3) is 0.0526. The molecule has 0 amide bonds. The van der Waals surface area contributed by atoms with E-state index in [9.17, 15) is 5.11 Å². The molecule has 2 heterocycles. The van der Waals surface area contributed by atoms with Gasteiger partial charge >= 0.3 is 0 Å². The van der Waals surface area contributed by atoms with Crippen LogP contribution < -0.4 is 4.74 Å². The number of aromatic nitrogens is 3. The predicted octanol–water partition coefficient (Wildman–Crippen LogP) is 3.58. The highest BCUT2D eigenvalue weighted by Crippen LogP contribution is 2.27. The molecule has 0 fully saturated rings. The molecule has 1 radical (unpaired) electrons. The van der Waals surface area contributed by atoms with Crippen LogP contribution in [-0.4, -0.2) is 26.8 Å². The normalized spacial score (nSPS) is 10.9. The molecule has 5 nitrogen and oxygen atoms in total. The number of phenols is 1. The summed E-state index contributed by atoms with van der Waals surface area (Å²) in [6.45, 7) is 0. The Hall–Kier alpha value is -3.34. The molecule has 0 aliphatic rings. The third-order valence-electron chi connectivity index (χ3n) is 3.83. The first kappa shape index (κ1) is 14.3. The molecular weight excluding hydrogens is 302 g/mol. The number of rotatable bonds is 3. The Kier molecular flexibility index (Phi) is 3.39. The zero-order valence-corrected chi connectivity index (χ0v) is 13.0. The second-order valence-electron chi connectivity index (χ2n) is 5.35. The molecule has 0 atom stereocenters. The molecule has 4 aromatic rings. The summed E-state index contributed by atoms with van der Waals surface area (Å²) in [5.74, 6) is 0.892. The third kappa shape index (κ3) is 2.46. The second-order valence-corrected chi connectivity index (χ2v) is 5.35. The van der Waals surface area contributed by atoms with Crippen LogP contribution in [0.15, 0.2) is 60.9 Å². The van der Waals surface area contributed by atoms with Gasteiger partial charge in [0.15, 0.2) is 5.65 Å². The van der Waals surface area contributed by atoms with Gasteiger partial charge < -0.3 is 9.84 Å². The number of phenolic OH excluding ortho intramolecular Hbond substituents is 1. The molecule has 0 saturated carbocycles. The number of nitrogens with zero attached hydrogens (tertiary/aromatic N) is 3. The molecule has 0 aliphatic heterocycles. The van der Waals surface area contributed by atoms with Gasteiger partial charge in [-0.05, 0) is 35.9 Å². The van der Waals surface area contributed by atoms with E-state index in [4.69, 9.17) is 4.74 Å². The Bertz CT molecular complexity index is 1020. The number of imidazole rings is 1. The van der Waals surface area contributed by atoms with Crippen LogP contribution in [-0.2, 0) is 0 Å². The van der Waals surface area contributed by atoms with Crippen LogP contribution >= 0.6 is 0 Å². The first-order valence-electron chi connectivity index (χ1n) is 7.44. The van der Waals surface area contributed by atoms with Crippen LogP contribution in [0.4, 0.5) is 0 Å². The maximum atomic E-state index is 9.63.